The van der Waals surface area contributed by atoms with Crippen molar-refractivity contribution in [3.05, 3.63) is 82.8 Å². The number of rotatable bonds is 5. The molecule has 0 unspecified atom stereocenters. The SMILES string of the molecule is Nc1ncnc2c1ncn2Cc1cc(Cl)cc2cc(CNC(=O)c3cccc(F)c3)[nH]c12. The van der Waals surface area contributed by atoms with Gasteiger partial charge in [-0.2, -0.15) is 0 Å². The van der Waals surface area contributed by atoms with Crippen LogP contribution < -0.4 is 11.1 Å². The molecule has 0 aliphatic carbocycles. The number of hydrogen-bond donors (Lipinski definition) is 3. The van der Waals surface area contributed by atoms with Gasteiger partial charge in [-0.15, -0.1) is 0 Å². The molecule has 0 atom stereocenters. The van der Waals surface area contributed by atoms with Crippen LogP contribution in [0.4, 0.5) is 10.2 Å². The van der Waals surface area contributed by atoms with Crippen LogP contribution in [-0.4, -0.2) is 30.4 Å². The summed E-state index contributed by atoms with van der Waals surface area (Å²) in [4.78, 5) is 28.2. The van der Waals surface area contributed by atoms with Gasteiger partial charge >= 0.3 is 0 Å². The summed E-state index contributed by atoms with van der Waals surface area (Å²) in [5.41, 5.74) is 9.90. The maximum Gasteiger partial charge on any atom is 0.251 e. The lowest BCUT2D eigenvalue weighted by atomic mass is 10.1. The summed E-state index contributed by atoms with van der Waals surface area (Å²) < 4.78 is 15.2. The van der Waals surface area contributed by atoms with Crippen molar-refractivity contribution in [1.82, 2.24) is 29.8 Å². The Hall–Kier alpha value is -3.98. The van der Waals surface area contributed by atoms with Gasteiger partial charge in [0.15, 0.2) is 11.5 Å². The fourth-order valence-electron chi connectivity index (χ4n) is 3.66. The van der Waals surface area contributed by atoms with E-state index in [0.717, 1.165) is 22.2 Å². The van der Waals surface area contributed by atoms with E-state index in [4.69, 9.17) is 17.3 Å². The average molecular weight is 450 g/mol. The van der Waals surface area contributed by atoms with Crippen LogP contribution in [0, 0.1) is 5.82 Å². The minimum atomic E-state index is -0.457. The lowest BCUT2D eigenvalue weighted by molar-refractivity contribution is 0.0950. The molecule has 8 nitrogen and oxygen atoms in total. The third-order valence-corrected chi connectivity index (χ3v) is 5.35. The molecule has 2 aromatic carbocycles. The van der Waals surface area contributed by atoms with E-state index in [1.807, 2.05) is 22.8 Å². The number of carbonyl (C=O) groups is 1. The summed E-state index contributed by atoms with van der Waals surface area (Å²) in [6.07, 6.45) is 3.06. The zero-order chi connectivity index (χ0) is 22.2. The number of halogens is 2. The third kappa shape index (κ3) is 3.74. The van der Waals surface area contributed by atoms with Gasteiger partial charge in [0.1, 0.15) is 17.7 Å². The first-order valence-corrected chi connectivity index (χ1v) is 10.1. The van der Waals surface area contributed by atoms with Crippen molar-refractivity contribution in [1.29, 1.82) is 0 Å². The van der Waals surface area contributed by atoms with Gasteiger partial charge in [-0.3, -0.25) is 4.79 Å². The summed E-state index contributed by atoms with van der Waals surface area (Å²) >= 11 is 6.35. The largest absolute Gasteiger partial charge is 0.382 e. The number of fused-ring (bicyclic) bond motifs is 2. The molecule has 3 heterocycles. The monoisotopic (exact) mass is 449 g/mol. The lowest BCUT2D eigenvalue weighted by Gasteiger charge is -2.07. The number of nitrogens with two attached hydrogens (primary N) is 1. The summed E-state index contributed by atoms with van der Waals surface area (Å²) in [7, 11) is 0. The van der Waals surface area contributed by atoms with E-state index in [1.165, 1.54) is 24.5 Å². The van der Waals surface area contributed by atoms with Gasteiger partial charge in [0.25, 0.3) is 5.91 Å². The van der Waals surface area contributed by atoms with Crippen LogP contribution in [0.25, 0.3) is 22.1 Å². The van der Waals surface area contributed by atoms with Crippen molar-refractivity contribution in [2.45, 2.75) is 13.1 Å². The van der Waals surface area contributed by atoms with Gasteiger partial charge in [-0.1, -0.05) is 17.7 Å². The molecule has 0 aliphatic heterocycles. The second-order valence-electron chi connectivity index (χ2n) is 7.32. The first-order valence-electron chi connectivity index (χ1n) is 9.73. The highest BCUT2D eigenvalue weighted by Crippen LogP contribution is 2.26. The highest BCUT2D eigenvalue weighted by Gasteiger charge is 2.13. The summed E-state index contributed by atoms with van der Waals surface area (Å²) in [6, 6.07) is 11.2. The molecular formula is C22H17ClFN7O. The molecule has 0 saturated carbocycles. The Kier molecular flexibility index (Phi) is 4.95. The number of nitrogens with one attached hydrogen (secondary N) is 2. The molecule has 0 radical (unpaired) electrons. The minimum Gasteiger partial charge on any atom is -0.382 e. The standard InChI is InChI=1S/C22H17ClFN7O/c23-15-4-13-7-17(8-26-22(32)12-2-1-3-16(24)6-12)30-18(13)14(5-15)9-31-11-29-19-20(25)27-10-28-21(19)31/h1-7,10-11,30H,8-9H2,(H,26,32)(H2,25,27,28). The molecular weight excluding hydrogens is 433 g/mol. The Balaban J connectivity index is 1.42. The maximum atomic E-state index is 13.4. The zero-order valence-electron chi connectivity index (χ0n) is 16.6. The molecule has 0 aliphatic rings. The van der Waals surface area contributed by atoms with E-state index in [1.54, 1.807) is 12.4 Å². The van der Waals surface area contributed by atoms with Gasteiger partial charge < -0.3 is 20.6 Å². The molecule has 0 spiro atoms. The molecule has 0 bridgehead atoms. The van der Waals surface area contributed by atoms with Crippen molar-refractivity contribution in [2.24, 2.45) is 0 Å². The Morgan fingerprint density at radius 3 is 2.91 bits per heavy atom. The Labute approximate surface area is 186 Å². The average Bonchev–Trinajstić information content (AvgIpc) is 3.37. The third-order valence-electron chi connectivity index (χ3n) is 5.13. The molecule has 5 aromatic rings. The van der Waals surface area contributed by atoms with Crippen molar-refractivity contribution in [3.8, 4) is 0 Å². The van der Waals surface area contributed by atoms with Gasteiger partial charge in [0, 0.05) is 21.7 Å². The van der Waals surface area contributed by atoms with Crippen LogP contribution in [0.1, 0.15) is 21.6 Å². The summed E-state index contributed by atoms with van der Waals surface area (Å²) in [6.45, 7) is 0.707. The van der Waals surface area contributed by atoms with Crippen LogP contribution in [0.3, 0.4) is 0 Å². The normalized spacial score (nSPS) is 11.3. The van der Waals surface area contributed by atoms with E-state index in [0.29, 0.717) is 28.5 Å². The van der Waals surface area contributed by atoms with E-state index in [-0.39, 0.29) is 18.0 Å². The molecule has 1 amide bonds. The molecule has 32 heavy (non-hydrogen) atoms. The number of imidazole rings is 1. The highest BCUT2D eigenvalue weighted by molar-refractivity contribution is 6.31. The van der Waals surface area contributed by atoms with Crippen LogP contribution in [0.15, 0.2) is 55.1 Å². The number of benzene rings is 2. The predicted octanol–water partition coefficient (Wildman–Crippen LogP) is 3.66. The van der Waals surface area contributed by atoms with Crippen LogP contribution in [0.2, 0.25) is 5.02 Å². The van der Waals surface area contributed by atoms with Crippen molar-refractivity contribution >= 4 is 45.4 Å². The number of anilines is 1. The highest BCUT2D eigenvalue weighted by atomic mass is 35.5. The molecule has 0 saturated heterocycles. The van der Waals surface area contributed by atoms with Crippen molar-refractivity contribution in [3.63, 3.8) is 0 Å². The van der Waals surface area contributed by atoms with E-state index >= 15 is 0 Å². The molecule has 3 aromatic heterocycles. The van der Waals surface area contributed by atoms with Gasteiger partial charge in [-0.05, 0) is 42.0 Å². The van der Waals surface area contributed by atoms with E-state index in [9.17, 15) is 9.18 Å². The van der Waals surface area contributed by atoms with Crippen molar-refractivity contribution < 1.29 is 9.18 Å². The minimum absolute atomic E-state index is 0.249. The smallest absolute Gasteiger partial charge is 0.251 e. The Morgan fingerprint density at radius 1 is 1.19 bits per heavy atom. The van der Waals surface area contributed by atoms with E-state index in [2.05, 4.69) is 25.3 Å². The lowest BCUT2D eigenvalue weighted by Crippen LogP contribution is -2.23. The molecule has 10 heteroatoms. The van der Waals surface area contributed by atoms with Crippen LogP contribution >= 0.6 is 11.6 Å². The Morgan fingerprint density at radius 2 is 2.06 bits per heavy atom. The second-order valence-corrected chi connectivity index (χ2v) is 7.76. The molecule has 4 N–H and O–H groups in total. The second kappa shape index (κ2) is 7.93. The summed E-state index contributed by atoms with van der Waals surface area (Å²) in [5.74, 6) is -0.494. The molecule has 5 rings (SSSR count). The fraction of sp³-hybridized carbons (Fsp3) is 0.0909. The number of nitrogens with zero attached hydrogens (tertiary/aromatic N) is 4. The number of amides is 1. The maximum absolute atomic E-state index is 13.4. The zero-order valence-corrected chi connectivity index (χ0v) is 17.4. The van der Waals surface area contributed by atoms with E-state index < -0.39 is 5.82 Å². The van der Waals surface area contributed by atoms with Crippen molar-refractivity contribution in [2.75, 3.05) is 5.73 Å². The Bertz CT molecular complexity index is 1480. The van der Waals surface area contributed by atoms with Gasteiger partial charge in [-0.25, -0.2) is 19.3 Å². The molecule has 0 fully saturated rings. The first-order chi connectivity index (χ1) is 15.5. The number of carbonyl (C=O) groups excluding carboxylic acids is 1. The summed E-state index contributed by atoms with van der Waals surface area (Å²) in [5, 5.41) is 4.29. The van der Waals surface area contributed by atoms with Crippen LogP contribution in [-0.2, 0) is 13.1 Å². The number of aromatic amines is 1. The molecule has 160 valence electrons. The topological polar surface area (TPSA) is 115 Å². The van der Waals surface area contributed by atoms with Crippen LogP contribution in [0.5, 0.6) is 0 Å². The number of aromatic nitrogens is 5. The van der Waals surface area contributed by atoms with Gasteiger partial charge in [0.05, 0.1) is 24.9 Å². The fourth-order valence-corrected chi connectivity index (χ4v) is 3.91. The number of hydrogen-bond acceptors (Lipinski definition) is 5. The quantitative estimate of drug-likeness (QED) is 0.379. The first kappa shape index (κ1) is 20.0. The number of nitrogen functional groups attached to an aromatic ring is 1. The predicted molar refractivity (Wildman–Crippen MR) is 120 cm³/mol. The van der Waals surface area contributed by atoms with Gasteiger partial charge in [0.2, 0.25) is 0 Å². The number of H-pyrrole nitrogens is 1.